The van der Waals surface area contributed by atoms with Gasteiger partial charge in [0.1, 0.15) is 11.3 Å². The summed E-state index contributed by atoms with van der Waals surface area (Å²) in [5.74, 6) is 0.898. The third kappa shape index (κ3) is 3.39. The van der Waals surface area contributed by atoms with E-state index >= 15 is 0 Å². The Balaban J connectivity index is 1.61. The van der Waals surface area contributed by atoms with Gasteiger partial charge in [0.2, 0.25) is 5.65 Å². The van der Waals surface area contributed by atoms with Crippen molar-refractivity contribution in [2.75, 3.05) is 31.6 Å². The summed E-state index contributed by atoms with van der Waals surface area (Å²) in [6, 6.07) is 5.85. The van der Waals surface area contributed by atoms with Crippen LogP contribution in [0.5, 0.6) is 0 Å². The van der Waals surface area contributed by atoms with Crippen LogP contribution in [0.3, 0.4) is 0 Å². The minimum absolute atomic E-state index is 0.354. The van der Waals surface area contributed by atoms with Crippen molar-refractivity contribution in [3.8, 4) is 11.3 Å². The van der Waals surface area contributed by atoms with Gasteiger partial charge in [0.15, 0.2) is 0 Å². The molecule has 1 aromatic carbocycles. The van der Waals surface area contributed by atoms with E-state index in [1.165, 1.54) is 0 Å². The van der Waals surface area contributed by atoms with Gasteiger partial charge in [-0.3, -0.25) is 5.10 Å². The minimum atomic E-state index is 0.354. The summed E-state index contributed by atoms with van der Waals surface area (Å²) in [4.78, 5) is 11.8. The topological polar surface area (TPSA) is 69.7 Å². The summed E-state index contributed by atoms with van der Waals surface area (Å²) in [5.41, 5.74) is 4.66. The Hall–Kier alpha value is -2.18. The van der Waals surface area contributed by atoms with Crippen LogP contribution in [0.2, 0.25) is 5.02 Å². The molecule has 0 aliphatic carbocycles. The SMILES string of the molecule is CNCC1(C)CCN(c2cnc3c(-c4cccc(Cl)c4C)[nH]nc3n2)CC1. The molecule has 4 rings (SSSR count). The lowest BCUT2D eigenvalue weighted by atomic mass is 9.80. The summed E-state index contributed by atoms with van der Waals surface area (Å²) >= 11 is 6.27. The Morgan fingerprint density at radius 1 is 1.30 bits per heavy atom. The number of aromatic amines is 1. The maximum absolute atomic E-state index is 6.27. The monoisotopic (exact) mass is 384 g/mol. The van der Waals surface area contributed by atoms with Crippen molar-refractivity contribution in [2.24, 2.45) is 5.41 Å². The molecule has 7 heteroatoms. The summed E-state index contributed by atoms with van der Waals surface area (Å²) in [6.07, 6.45) is 4.14. The van der Waals surface area contributed by atoms with E-state index in [0.29, 0.717) is 11.1 Å². The maximum Gasteiger partial charge on any atom is 0.202 e. The number of benzene rings is 1. The molecule has 1 saturated heterocycles. The lowest BCUT2D eigenvalue weighted by molar-refractivity contribution is 0.242. The van der Waals surface area contributed by atoms with E-state index in [9.17, 15) is 0 Å². The average Bonchev–Trinajstić information content (AvgIpc) is 3.08. The number of H-pyrrole nitrogens is 1. The van der Waals surface area contributed by atoms with Crippen LogP contribution in [-0.4, -0.2) is 46.8 Å². The Morgan fingerprint density at radius 2 is 2.07 bits per heavy atom. The second kappa shape index (κ2) is 7.09. The summed E-state index contributed by atoms with van der Waals surface area (Å²) in [5, 5.41) is 11.5. The quantitative estimate of drug-likeness (QED) is 0.715. The highest BCUT2D eigenvalue weighted by Gasteiger charge is 2.30. The Bertz CT molecular complexity index is 958. The van der Waals surface area contributed by atoms with Crippen LogP contribution >= 0.6 is 11.6 Å². The van der Waals surface area contributed by atoms with Crippen LogP contribution in [0, 0.1) is 12.3 Å². The van der Waals surface area contributed by atoms with Gasteiger partial charge < -0.3 is 10.2 Å². The van der Waals surface area contributed by atoms with E-state index in [-0.39, 0.29) is 0 Å². The molecule has 2 N–H and O–H groups in total. The summed E-state index contributed by atoms with van der Waals surface area (Å²) in [7, 11) is 2.02. The van der Waals surface area contributed by atoms with Crippen molar-refractivity contribution in [2.45, 2.75) is 26.7 Å². The number of rotatable bonds is 4. The molecule has 3 aromatic rings. The summed E-state index contributed by atoms with van der Waals surface area (Å²) in [6.45, 7) is 7.38. The normalized spacial score (nSPS) is 16.8. The van der Waals surface area contributed by atoms with E-state index in [0.717, 1.165) is 65.7 Å². The number of fused-ring (bicyclic) bond motifs is 1. The lowest BCUT2D eigenvalue weighted by Crippen LogP contribution is -2.43. The van der Waals surface area contributed by atoms with Crippen LogP contribution < -0.4 is 10.2 Å². The molecular weight excluding hydrogens is 360 g/mol. The van der Waals surface area contributed by atoms with Crippen molar-refractivity contribution in [3.63, 3.8) is 0 Å². The predicted molar refractivity (Wildman–Crippen MR) is 110 cm³/mol. The van der Waals surface area contributed by atoms with E-state index in [2.05, 4.69) is 32.3 Å². The predicted octanol–water partition coefficient (Wildman–Crippen LogP) is 3.81. The molecule has 27 heavy (non-hydrogen) atoms. The molecule has 0 atom stereocenters. The number of hydrogen-bond donors (Lipinski definition) is 2. The third-order valence-corrected chi connectivity index (χ3v) is 6.10. The maximum atomic E-state index is 6.27. The molecule has 0 radical (unpaired) electrons. The molecule has 1 aliphatic heterocycles. The zero-order valence-corrected chi connectivity index (χ0v) is 16.8. The molecule has 0 amide bonds. The van der Waals surface area contributed by atoms with Crippen LogP contribution in [0.1, 0.15) is 25.3 Å². The highest BCUT2D eigenvalue weighted by molar-refractivity contribution is 6.31. The number of hydrogen-bond acceptors (Lipinski definition) is 5. The average molecular weight is 385 g/mol. The van der Waals surface area contributed by atoms with Crippen molar-refractivity contribution < 1.29 is 0 Å². The highest BCUT2D eigenvalue weighted by Crippen LogP contribution is 2.33. The molecule has 2 aromatic heterocycles. The fourth-order valence-electron chi connectivity index (χ4n) is 3.88. The Kier molecular flexibility index (Phi) is 4.78. The zero-order valence-electron chi connectivity index (χ0n) is 16.0. The first-order valence-corrected chi connectivity index (χ1v) is 9.75. The molecule has 6 nitrogen and oxygen atoms in total. The van der Waals surface area contributed by atoms with Gasteiger partial charge in [-0.15, -0.1) is 0 Å². The molecule has 0 spiro atoms. The number of halogens is 1. The zero-order chi connectivity index (χ0) is 19.0. The molecule has 1 fully saturated rings. The van der Waals surface area contributed by atoms with E-state index in [1.807, 2.05) is 38.4 Å². The van der Waals surface area contributed by atoms with Gasteiger partial charge in [-0.05, 0) is 43.9 Å². The third-order valence-electron chi connectivity index (χ3n) is 5.69. The van der Waals surface area contributed by atoms with Gasteiger partial charge in [0.05, 0.1) is 11.9 Å². The number of piperidine rings is 1. The van der Waals surface area contributed by atoms with E-state index < -0.39 is 0 Å². The number of aromatic nitrogens is 4. The van der Waals surface area contributed by atoms with Gasteiger partial charge in [-0.1, -0.05) is 30.7 Å². The fourth-order valence-corrected chi connectivity index (χ4v) is 4.06. The van der Waals surface area contributed by atoms with E-state index in [1.54, 1.807) is 0 Å². The molecular formula is C20H25ClN6. The second-order valence-corrected chi connectivity index (χ2v) is 8.15. The largest absolute Gasteiger partial charge is 0.355 e. The molecule has 0 saturated carbocycles. The Morgan fingerprint density at radius 3 is 2.81 bits per heavy atom. The number of anilines is 1. The van der Waals surface area contributed by atoms with E-state index in [4.69, 9.17) is 16.6 Å². The van der Waals surface area contributed by atoms with Crippen LogP contribution in [0.4, 0.5) is 5.82 Å². The minimum Gasteiger partial charge on any atom is -0.355 e. The van der Waals surface area contributed by atoms with Gasteiger partial charge in [-0.2, -0.15) is 5.10 Å². The van der Waals surface area contributed by atoms with Gasteiger partial charge in [0.25, 0.3) is 0 Å². The van der Waals surface area contributed by atoms with Crippen molar-refractivity contribution >= 4 is 28.6 Å². The number of nitrogens with one attached hydrogen (secondary N) is 2. The first-order valence-electron chi connectivity index (χ1n) is 9.37. The van der Waals surface area contributed by atoms with Crippen molar-refractivity contribution in [1.82, 2.24) is 25.5 Å². The molecule has 1 aliphatic rings. The molecule has 142 valence electrons. The second-order valence-electron chi connectivity index (χ2n) is 7.74. The highest BCUT2D eigenvalue weighted by atomic mass is 35.5. The molecule has 0 bridgehead atoms. The van der Waals surface area contributed by atoms with Crippen LogP contribution in [-0.2, 0) is 0 Å². The van der Waals surface area contributed by atoms with Crippen LogP contribution in [0.15, 0.2) is 24.4 Å². The lowest BCUT2D eigenvalue weighted by Gasteiger charge is -2.39. The first-order chi connectivity index (χ1) is 13.0. The molecule has 0 unspecified atom stereocenters. The van der Waals surface area contributed by atoms with Crippen molar-refractivity contribution in [3.05, 3.63) is 35.0 Å². The standard InChI is InChI=1S/C20H25ClN6/c1-13-14(5-4-6-15(13)21)17-18-19(26-25-17)24-16(11-23-18)27-9-7-20(2,8-10-27)12-22-3/h4-6,11,22H,7-10,12H2,1-3H3,(H,24,25,26). The van der Waals surface area contributed by atoms with Crippen LogP contribution in [0.25, 0.3) is 22.4 Å². The fraction of sp³-hybridized carbons (Fsp3) is 0.450. The Labute approximate surface area is 164 Å². The van der Waals surface area contributed by atoms with Crippen molar-refractivity contribution in [1.29, 1.82) is 0 Å². The van der Waals surface area contributed by atoms with Gasteiger partial charge >= 0.3 is 0 Å². The molecule has 3 heterocycles. The number of nitrogens with zero attached hydrogens (tertiary/aromatic N) is 4. The smallest absolute Gasteiger partial charge is 0.202 e. The summed E-state index contributed by atoms with van der Waals surface area (Å²) < 4.78 is 0. The van der Waals surface area contributed by atoms with Gasteiger partial charge in [-0.25, -0.2) is 9.97 Å². The van der Waals surface area contributed by atoms with Gasteiger partial charge in [0, 0.05) is 30.2 Å². The first kappa shape index (κ1) is 18.2.